The van der Waals surface area contributed by atoms with Crippen molar-refractivity contribution in [1.29, 1.82) is 0 Å². The van der Waals surface area contributed by atoms with Crippen LogP contribution in [0.2, 0.25) is 0 Å². The lowest BCUT2D eigenvalue weighted by atomic mass is 9.96. The summed E-state index contributed by atoms with van der Waals surface area (Å²) in [5, 5.41) is 0. The number of rotatable bonds is 21. The highest BCUT2D eigenvalue weighted by Crippen LogP contribution is 2.19. The van der Waals surface area contributed by atoms with E-state index in [-0.39, 0.29) is 12.7 Å². The van der Waals surface area contributed by atoms with Crippen LogP contribution in [0.15, 0.2) is 24.3 Å². The molecule has 0 aliphatic carbocycles. The molecule has 0 bridgehead atoms. The highest BCUT2D eigenvalue weighted by molar-refractivity contribution is 5.36. The van der Waals surface area contributed by atoms with Crippen LogP contribution in [0, 0.1) is 5.92 Å². The van der Waals surface area contributed by atoms with Crippen molar-refractivity contribution in [1.82, 2.24) is 0 Å². The maximum absolute atomic E-state index is 10.3. The molecule has 0 saturated carbocycles. The molecule has 0 aliphatic heterocycles. The molecule has 2 unspecified atom stereocenters. The van der Waals surface area contributed by atoms with Gasteiger partial charge < -0.3 is 14.2 Å². The van der Waals surface area contributed by atoms with Gasteiger partial charge in [-0.3, -0.25) is 4.79 Å². The zero-order valence-corrected chi connectivity index (χ0v) is 20.3. The molecule has 0 spiro atoms. The molecule has 1 aromatic carbocycles. The van der Waals surface area contributed by atoms with Gasteiger partial charge in [0.1, 0.15) is 25.1 Å². The van der Waals surface area contributed by atoms with Gasteiger partial charge in [-0.2, -0.15) is 0 Å². The van der Waals surface area contributed by atoms with Crippen molar-refractivity contribution < 1.29 is 19.0 Å². The van der Waals surface area contributed by atoms with Crippen molar-refractivity contribution in [2.75, 3.05) is 20.3 Å². The van der Waals surface area contributed by atoms with Gasteiger partial charge in [0, 0.05) is 7.11 Å². The number of aryl methyl sites for hydroxylation is 1. The number of carbonyl (C=O) groups is 1. The van der Waals surface area contributed by atoms with Crippen LogP contribution in [0.25, 0.3) is 0 Å². The topological polar surface area (TPSA) is 44.8 Å². The minimum absolute atomic E-state index is 0.206. The van der Waals surface area contributed by atoms with Gasteiger partial charge in [-0.1, -0.05) is 96.6 Å². The lowest BCUT2D eigenvalue weighted by Gasteiger charge is -2.15. The Hall–Kier alpha value is -1.55. The van der Waals surface area contributed by atoms with E-state index in [1.54, 1.807) is 7.11 Å². The lowest BCUT2D eigenvalue weighted by molar-refractivity contribution is -0.132. The molecular formula is C27H46O4. The quantitative estimate of drug-likeness (QED) is 0.152. The van der Waals surface area contributed by atoms with Crippen LogP contribution in [-0.2, 0) is 20.7 Å². The summed E-state index contributed by atoms with van der Waals surface area (Å²) in [4.78, 5) is 10.3. The number of hydrogen-bond donors (Lipinski definition) is 0. The molecule has 4 nitrogen and oxygen atoms in total. The first kappa shape index (κ1) is 27.5. The zero-order chi connectivity index (χ0) is 22.6. The van der Waals surface area contributed by atoms with E-state index < -0.39 is 0 Å². The van der Waals surface area contributed by atoms with Gasteiger partial charge in [0.15, 0.2) is 0 Å². The van der Waals surface area contributed by atoms with Gasteiger partial charge >= 0.3 is 0 Å². The SMILES string of the molecule is CCCCCCCC(C)CCCCCCCc1cccc(OCC(COC=O)OC)c1. The Bertz CT molecular complexity index is 546. The molecule has 0 saturated heterocycles. The Balaban J connectivity index is 2.09. The summed E-state index contributed by atoms with van der Waals surface area (Å²) >= 11 is 0. The average Bonchev–Trinajstić information content (AvgIpc) is 2.78. The number of unbranched alkanes of at least 4 members (excludes halogenated alkanes) is 8. The largest absolute Gasteiger partial charge is 0.491 e. The van der Waals surface area contributed by atoms with Crippen LogP contribution < -0.4 is 4.74 Å². The molecular weight excluding hydrogens is 388 g/mol. The van der Waals surface area contributed by atoms with E-state index in [4.69, 9.17) is 14.2 Å². The third kappa shape index (κ3) is 15.0. The summed E-state index contributed by atoms with van der Waals surface area (Å²) in [6.45, 7) is 5.72. The fourth-order valence-corrected chi connectivity index (χ4v) is 3.90. The Morgan fingerprint density at radius 2 is 1.58 bits per heavy atom. The number of ether oxygens (including phenoxy) is 3. The molecule has 0 aromatic heterocycles. The highest BCUT2D eigenvalue weighted by atomic mass is 16.6. The summed E-state index contributed by atoms with van der Waals surface area (Å²) < 4.78 is 15.8. The molecule has 0 fully saturated rings. The minimum Gasteiger partial charge on any atom is -0.491 e. The van der Waals surface area contributed by atoms with E-state index in [1.165, 1.54) is 82.6 Å². The van der Waals surface area contributed by atoms with Crippen LogP contribution >= 0.6 is 0 Å². The Morgan fingerprint density at radius 3 is 2.26 bits per heavy atom. The van der Waals surface area contributed by atoms with Crippen molar-refractivity contribution >= 4 is 6.47 Å². The van der Waals surface area contributed by atoms with Gasteiger partial charge in [0.25, 0.3) is 6.47 Å². The number of hydrogen-bond acceptors (Lipinski definition) is 4. The van der Waals surface area contributed by atoms with Gasteiger partial charge in [-0.05, 0) is 36.5 Å². The van der Waals surface area contributed by atoms with Crippen molar-refractivity contribution in [3.63, 3.8) is 0 Å². The van der Waals surface area contributed by atoms with E-state index in [9.17, 15) is 4.79 Å². The molecule has 4 heteroatoms. The molecule has 178 valence electrons. The van der Waals surface area contributed by atoms with Gasteiger partial charge in [-0.15, -0.1) is 0 Å². The summed E-state index contributed by atoms with van der Waals surface area (Å²) in [6, 6.07) is 8.27. The highest BCUT2D eigenvalue weighted by Gasteiger charge is 2.09. The molecule has 0 heterocycles. The molecule has 0 amide bonds. The minimum atomic E-state index is -0.252. The predicted molar refractivity (Wildman–Crippen MR) is 129 cm³/mol. The standard InChI is InChI=1S/C27H46O4/c1-4-5-6-8-11-15-24(2)16-12-9-7-10-13-17-25-18-14-19-26(20-25)31-22-27(29-3)21-30-23-28/h14,18-20,23-24,27H,4-13,15-17,21-22H2,1-3H3. The normalized spacial score (nSPS) is 13.0. The second-order valence-corrected chi connectivity index (χ2v) is 8.86. The van der Waals surface area contributed by atoms with Gasteiger partial charge in [0.2, 0.25) is 0 Å². The van der Waals surface area contributed by atoms with Crippen LogP contribution in [0.3, 0.4) is 0 Å². The molecule has 2 atom stereocenters. The third-order valence-electron chi connectivity index (χ3n) is 5.98. The van der Waals surface area contributed by atoms with Gasteiger partial charge in [0.05, 0.1) is 0 Å². The summed E-state index contributed by atoms with van der Waals surface area (Å²) in [7, 11) is 1.59. The van der Waals surface area contributed by atoms with Crippen LogP contribution in [0.1, 0.15) is 96.5 Å². The first-order valence-electron chi connectivity index (χ1n) is 12.5. The smallest absolute Gasteiger partial charge is 0.293 e. The molecule has 0 radical (unpaired) electrons. The van der Waals surface area contributed by atoms with Crippen molar-refractivity contribution in [3.8, 4) is 5.75 Å². The first-order valence-corrected chi connectivity index (χ1v) is 12.5. The molecule has 0 N–H and O–H groups in total. The Kier molecular flexibility index (Phi) is 17.0. The average molecular weight is 435 g/mol. The number of benzene rings is 1. The van der Waals surface area contributed by atoms with Crippen molar-refractivity contribution in [2.45, 2.75) is 103 Å². The first-order chi connectivity index (χ1) is 15.2. The van der Waals surface area contributed by atoms with E-state index in [1.807, 2.05) is 12.1 Å². The fourth-order valence-electron chi connectivity index (χ4n) is 3.90. The monoisotopic (exact) mass is 434 g/mol. The van der Waals surface area contributed by atoms with Crippen LogP contribution in [0.4, 0.5) is 0 Å². The molecule has 1 rings (SSSR count). The molecule has 31 heavy (non-hydrogen) atoms. The van der Waals surface area contributed by atoms with Crippen molar-refractivity contribution in [2.24, 2.45) is 5.92 Å². The lowest BCUT2D eigenvalue weighted by Crippen LogP contribution is -2.25. The summed E-state index contributed by atoms with van der Waals surface area (Å²) in [6.07, 6.45) is 17.3. The summed E-state index contributed by atoms with van der Waals surface area (Å²) in [5.41, 5.74) is 1.31. The maximum atomic E-state index is 10.3. The Morgan fingerprint density at radius 1 is 0.903 bits per heavy atom. The van der Waals surface area contributed by atoms with E-state index in [2.05, 4.69) is 26.0 Å². The van der Waals surface area contributed by atoms with E-state index in [0.717, 1.165) is 18.1 Å². The fraction of sp³-hybridized carbons (Fsp3) is 0.741. The van der Waals surface area contributed by atoms with E-state index in [0.29, 0.717) is 13.1 Å². The maximum Gasteiger partial charge on any atom is 0.293 e. The second-order valence-electron chi connectivity index (χ2n) is 8.86. The predicted octanol–water partition coefficient (Wildman–Crippen LogP) is 7.13. The molecule has 0 aliphatic rings. The number of methoxy groups -OCH3 is 1. The van der Waals surface area contributed by atoms with E-state index >= 15 is 0 Å². The number of carbonyl (C=O) groups excluding carboxylic acids is 1. The van der Waals surface area contributed by atoms with Gasteiger partial charge in [-0.25, -0.2) is 0 Å². The summed E-state index contributed by atoms with van der Waals surface area (Å²) in [5.74, 6) is 1.74. The van der Waals surface area contributed by atoms with Crippen molar-refractivity contribution in [3.05, 3.63) is 29.8 Å². The molecule has 1 aromatic rings. The van der Waals surface area contributed by atoms with Crippen LogP contribution in [0.5, 0.6) is 5.75 Å². The van der Waals surface area contributed by atoms with Crippen LogP contribution in [-0.4, -0.2) is 32.9 Å². The zero-order valence-electron chi connectivity index (χ0n) is 20.3. The third-order valence-corrected chi connectivity index (χ3v) is 5.98. The Labute approximate surface area is 191 Å². The second kappa shape index (κ2) is 19.2.